The van der Waals surface area contributed by atoms with Gasteiger partial charge in [-0.05, 0) is 36.9 Å². The molecular weight excluding hydrogens is 496 g/mol. The Bertz CT molecular complexity index is 1450. The number of benzene rings is 3. The number of hydrogen-bond acceptors (Lipinski definition) is 10. The zero-order valence-corrected chi connectivity index (χ0v) is 20.7. The van der Waals surface area contributed by atoms with Crippen LogP contribution in [0.1, 0.15) is 29.8 Å². The molecule has 198 valence electrons. The lowest BCUT2D eigenvalue weighted by Crippen LogP contribution is -2.58. The van der Waals surface area contributed by atoms with Gasteiger partial charge in [-0.15, -0.1) is 0 Å². The molecule has 38 heavy (non-hydrogen) atoms. The molecule has 0 amide bonds. The molecule has 0 spiro atoms. The van der Waals surface area contributed by atoms with E-state index in [1.165, 1.54) is 0 Å². The van der Waals surface area contributed by atoms with Crippen molar-refractivity contribution in [2.45, 2.75) is 56.9 Å². The quantitative estimate of drug-likeness (QED) is 0.495. The molecule has 4 aliphatic heterocycles. The van der Waals surface area contributed by atoms with Crippen molar-refractivity contribution in [3.05, 3.63) is 53.6 Å². The number of fused-ring (bicyclic) bond motifs is 4. The lowest BCUT2D eigenvalue weighted by Gasteiger charge is -2.39. The van der Waals surface area contributed by atoms with E-state index in [4.69, 9.17) is 33.2 Å². The van der Waals surface area contributed by atoms with Crippen LogP contribution in [0.2, 0.25) is 0 Å². The van der Waals surface area contributed by atoms with Crippen molar-refractivity contribution in [1.82, 2.24) is 0 Å². The predicted molar refractivity (Wildman–Crippen MR) is 131 cm³/mol. The predicted octanol–water partition coefficient (Wildman–Crippen LogP) is 2.88. The van der Waals surface area contributed by atoms with Crippen molar-refractivity contribution < 1.29 is 48.2 Å². The SMILES string of the molecule is CC1(C)O[C@H]2[C@H](O)[C@@H](Oc3c4c(c(-c5ccc6c(c5)OCO6)c5ccccc35)C(=O)OC4)O[C@@H](CO)[C@H]2O1. The summed E-state index contributed by atoms with van der Waals surface area (Å²) in [6.07, 6.45) is -4.62. The van der Waals surface area contributed by atoms with Crippen molar-refractivity contribution in [2.75, 3.05) is 13.4 Å². The van der Waals surface area contributed by atoms with Crippen LogP contribution in [0.5, 0.6) is 17.2 Å². The molecule has 4 aliphatic rings. The Labute approximate surface area is 217 Å². The van der Waals surface area contributed by atoms with Gasteiger partial charge in [-0.3, -0.25) is 0 Å². The first kappa shape index (κ1) is 23.7. The highest BCUT2D eigenvalue weighted by Crippen LogP contribution is 2.47. The molecule has 4 heterocycles. The van der Waals surface area contributed by atoms with E-state index in [0.29, 0.717) is 39.3 Å². The van der Waals surface area contributed by atoms with Gasteiger partial charge in [0.1, 0.15) is 36.8 Å². The summed E-state index contributed by atoms with van der Waals surface area (Å²) in [7, 11) is 0. The molecule has 2 N–H and O–H groups in total. The largest absolute Gasteiger partial charge is 0.461 e. The summed E-state index contributed by atoms with van der Waals surface area (Å²) in [6, 6.07) is 13.0. The number of carbonyl (C=O) groups is 1. The Morgan fingerprint density at radius 3 is 2.55 bits per heavy atom. The van der Waals surface area contributed by atoms with E-state index >= 15 is 0 Å². The van der Waals surface area contributed by atoms with Gasteiger partial charge < -0.3 is 43.4 Å². The van der Waals surface area contributed by atoms with Gasteiger partial charge in [0.05, 0.1) is 12.2 Å². The Morgan fingerprint density at radius 1 is 0.974 bits per heavy atom. The molecule has 10 nitrogen and oxygen atoms in total. The summed E-state index contributed by atoms with van der Waals surface area (Å²) in [6.45, 7) is 3.26. The molecular formula is C28H26O10. The number of rotatable bonds is 4. The lowest BCUT2D eigenvalue weighted by atomic mass is 9.89. The fraction of sp³-hybridized carbons (Fsp3) is 0.393. The maximum atomic E-state index is 13.1. The molecule has 5 atom stereocenters. The first-order chi connectivity index (χ1) is 18.3. The van der Waals surface area contributed by atoms with Gasteiger partial charge in [-0.1, -0.05) is 30.3 Å². The smallest absolute Gasteiger partial charge is 0.339 e. The van der Waals surface area contributed by atoms with Gasteiger partial charge in [0.15, 0.2) is 17.3 Å². The Hall–Kier alpha value is -3.41. The minimum atomic E-state index is -1.22. The van der Waals surface area contributed by atoms with Crippen molar-refractivity contribution in [3.63, 3.8) is 0 Å². The second kappa shape index (κ2) is 8.55. The molecule has 0 bridgehead atoms. The third kappa shape index (κ3) is 3.56. The maximum Gasteiger partial charge on any atom is 0.339 e. The highest BCUT2D eigenvalue weighted by molar-refractivity contribution is 6.13. The van der Waals surface area contributed by atoms with Gasteiger partial charge in [-0.25, -0.2) is 4.79 Å². The number of carbonyl (C=O) groups excluding carboxylic acids is 1. The molecule has 2 saturated heterocycles. The number of aliphatic hydroxyl groups excluding tert-OH is 2. The molecule has 0 radical (unpaired) electrons. The van der Waals surface area contributed by atoms with Crippen LogP contribution in [0.4, 0.5) is 0 Å². The Kier molecular flexibility index (Phi) is 5.33. The van der Waals surface area contributed by atoms with E-state index in [2.05, 4.69) is 0 Å². The van der Waals surface area contributed by atoms with Gasteiger partial charge in [0, 0.05) is 16.5 Å². The second-order valence-electron chi connectivity index (χ2n) is 10.1. The van der Waals surface area contributed by atoms with Crippen LogP contribution >= 0.6 is 0 Å². The van der Waals surface area contributed by atoms with Crippen molar-refractivity contribution in [3.8, 4) is 28.4 Å². The van der Waals surface area contributed by atoms with Crippen LogP contribution in [0.25, 0.3) is 21.9 Å². The van der Waals surface area contributed by atoms with Crippen LogP contribution in [-0.4, -0.2) is 66.1 Å². The number of aliphatic hydroxyl groups is 2. The fourth-order valence-corrected chi connectivity index (χ4v) is 5.73. The minimum Gasteiger partial charge on any atom is -0.461 e. The van der Waals surface area contributed by atoms with E-state index in [1.54, 1.807) is 13.8 Å². The summed E-state index contributed by atoms with van der Waals surface area (Å²) in [4.78, 5) is 13.1. The molecule has 0 aromatic heterocycles. The van der Waals surface area contributed by atoms with E-state index < -0.39 is 42.5 Å². The fourth-order valence-electron chi connectivity index (χ4n) is 5.73. The van der Waals surface area contributed by atoms with E-state index in [1.807, 2.05) is 42.5 Å². The van der Waals surface area contributed by atoms with Gasteiger partial charge in [0.25, 0.3) is 0 Å². The van der Waals surface area contributed by atoms with Gasteiger partial charge in [-0.2, -0.15) is 0 Å². The summed E-state index contributed by atoms with van der Waals surface area (Å²) >= 11 is 0. The summed E-state index contributed by atoms with van der Waals surface area (Å²) in [5, 5.41) is 22.6. The summed E-state index contributed by atoms with van der Waals surface area (Å²) < 4.78 is 40.6. The molecule has 7 rings (SSSR count). The van der Waals surface area contributed by atoms with E-state index in [9.17, 15) is 15.0 Å². The zero-order chi connectivity index (χ0) is 26.2. The minimum absolute atomic E-state index is 0.00315. The lowest BCUT2D eigenvalue weighted by molar-refractivity contribution is -0.254. The highest BCUT2D eigenvalue weighted by atomic mass is 16.8. The standard InChI is InChI=1S/C28H26O10/c1-28(2)37-24-19(10-29)35-27(22(30)25(24)38-28)36-23-15-6-4-3-5-14(15)20(21-16(23)11-32-26(21)31)13-7-8-17-18(9-13)34-12-33-17/h3-9,19,22,24-25,27,29-30H,10-12H2,1-2H3/t19-,22-,24+,25-,27+/m0/s1. The molecule has 0 saturated carbocycles. The first-order valence-corrected chi connectivity index (χ1v) is 12.5. The average molecular weight is 523 g/mol. The zero-order valence-electron chi connectivity index (χ0n) is 20.7. The first-order valence-electron chi connectivity index (χ1n) is 12.5. The molecule has 2 fully saturated rings. The normalized spacial score (nSPS) is 28.7. The number of cyclic esters (lactones) is 1. The van der Waals surface area contributed by atoms with Crippen molar-refractivity contribution >= 4 is 16.7 Å². The van der Waals surface area contributed by atoms with Crippen LogP contribution in [0.15, 0.2) is 42.5 Å². The van der Waals surface area contributed by atoms with Crippen LogP contribution < -0.4 is 14.2 Å². The highest BCUT2D eigenvalue weighted by Gasteiger charge is 2.55. The Morgan fingerprint density at radius 2 is 1.74 bits per heavy atom. The number of esters is 1. The van der Waals surface area contributed by atoms with Gasteiger partial charge in [0.2, 0.25) is 13.1 Å². The van der Waals surface area contributed by atoms with Crippen LogP contribution in [0.3, 0.4) is 0 Å². The van der Waals surface area contributed by atoms with E-state index in [0.717, 1.165) is 10.9 Å². The van der Waals surface area contributed by atoms with Crippen molar-refractivity contribution in [1.29, 1.82) is 0 Å². The number of hydrogen-bond donors (Lipinski definition) is 2. The molecule has 3 aromatic rings. The molecule has 10 heteroatoms. The molecule has 0 aliphatic carbocycles. The summed E-state index contributed by atoms with van der Waals surface area (Å²) in [5.74, 6) is 0.164. The third-order valence-electron chi connectivity index (χ3n) is 7.35. The van der Waals surface area contributed by atoms with Crippen molar-refractivity contribution in [2.24, 2.45) is 0 Å². The summed E-state index contributed by atoms with van der Waals surface area (Å²) in [5.41, 5.74) is 2.38. The molecule has 3 aromatic carbocycles. The molecule has 0 unspecified atom stereocenters. The second-order valence-corrected chi connectivity index (χ2v) is 10.1. The van der Waals surface area contributed by atoms with E-state index in [-0.39, 0.29) is 20.0 Å². The number of ether oxygens (including phenoxy) is 7. The van der Waals surface area contributed by atoms with Gasteiger partial charge >= 0.3 is 5.97 Å². The monoisotopic (exact) mass is 522 g/mol. The Balaban J connectivity index is 1.35. The topological polar surface area (TPSA) is 122 Å². The maximum absolute atomic E-state index is 13.1. The third-order valence-corrected chi connectivity index (χ3v) is 7.35. The van der Waals surface area contributed by atoms with Crippen LogP contribution in [0, 0.1) is 0 Å². The van der Waals surface area contributed by atoms with Crippen LogP contribution in [-0.2, 0) is 25.6 Å². The average Bonchev–Trinajstić information content (AvgIpc) is 3.62.